The molecule has 9 heteroatoms. The minimum absolute atomic E-state index is 0.0576. The topological polar surface area (TPSA) is 92.6 Å². The van der Waals surface area contributed by atoms with E-state index in [4.69, 9.17) is 4.74 Å². The van der Waals surface area contributed by atoms with Crippen molar-refractivity contribution in [1.82, 2.24) is 10.2 Å². The van der Waals surface area contributed by atoms with Gasteiger partial charge in [-0.05, 0) is 49.1 Å². The Kier molecular flexibility index (Phi) is 4.44. The first-order valence-corrected chi connectivity index (χ1v) is 11.1. The van der Waals surface area contributed by atoms with Crippen molar-refractivity contribution in [2.45, 2.75) is 32.4 Å². The molecule has 1 saturated heterocycles. The fraction of sp³-hybridized carbons (Fsp3) is 0.238. The highest BCUT2D eigenvalue weighted by atomic mass is 32.1. The number of rotatable bonds is 3. The molecule has 0 saturated carbocycles. The molecule has 2 aliphatic heterocycles. The summed E-state index contributed by atoms with van der Waals surface area (Å²) in [6, 6.07) is 8.26. The van der Waals surface area contributed by atoms with Crippen LogP contribution in [-0.2, 0) is 16.0 Å². The van der Waals surface area contributed by atoms with Crippen LogP contribution < -0.4 is 9.64 Å². The molecular formula is C21H17N3O4S2. The monoisotopic (exact) mass is 439 g/mol. The van der Waals surface area contributed by atoms with Crippen molar-refractivity contribution in [2.24, 2.45) is 0 Å². The van der Waals surface area contributed by atoms with Gasteiger partial charge >= 0.3 is 5.91 Å². The van der Waals surface area contributed by atoms with Gasteiger partial charge in [-0.15, -0.1) is 21.5 Å². The second-order valence-corrected chi connectivity index (χ2v) is 9.38. The van der Waals surface area contributed by atoms with Crippen LogP contribution >= 0.6 is 22.7 Å². The molecule has 0 spiro atoms. The van der Waals surface area contributed by atoms with Crippen LogP contribution in [0.25, 0.3) is 5.76 Å². The zero-order valence-corrected chi connectivity index (χ0v) is 17.8. The third-order valence-corrected chi connectivity index (χ3v) is 6.91. The third-order valence-electron chi connectivity index (χ3n) is 5.15. The molecule has 2 aromatic heterocycles. The highest BCUT2D eigenvalue weighted by molar-refractivity contribution is 7.15. The Balaban J connectivity index is 1.67. The number of carbonyl (C=O) groups excluding carboxylic acids is 2. The maximum atomic E-state index is 13.0. The van der Waals surface area contributed by atoms with Gasteiger partial charge < -0.3 is 9.84 Å². The number of aliphatic hydroxyl groups excluding tert-OH is 1. The number of carbonyl (C=O) groups is 2. The summed E-state index contributed by atoms with van der Waals surface area (Å²) in [6.45, 7) is 3.76. The SMILES string of the molecule is Cc1nnc(N2C(=O)C(=O)/C(=C(/O)c3ccc4c(c3)CC(C)O4)C2c2cccs2)s1. The number of aromatic nitrogens is 2. The van der Waals surface area contributed by atoms with Crippen molar-refractivity contribution in [3.63, 3.8) is 0 Å². The van der Waals surface area contributed by atoms with Gasteiger partial charge in [0.05, 0.1) is 5.57 Å². The molecule has 0 bridgehead atoms. The molecule has 1 N–H and O–H groups in total. The number of ketones is 1. The van der Waals surface area contributed by atoms with Gasteiger partial charge in [0.2, 0.25) is 5.13 Å². The van der Waals surface area contributed by atoms with Crippen molar-refractivity contribution >= 4 is 45.3 Å². The van der Waals surface area contributed by atoms with Crippen LogP contribution in [0.15, 0.2) is 41.3 Å². The Hall–Kier alpha value is -3.04. The first kappa shape index (κ1) is 19.0. The number of aliphatic hydroxyl groups is 1. The number of hydrogen-bond acceptors (Lipinski definition) is 8. The van der Waals surface area contributed by atoms with Crippen LogP contribution in [0.3, 0.4) is 0 Å². The quantitative estimate of drug-likeness (QED) is 0.379. The minimum atomic E-state index is -0.749. The predicted molar refractivity (Wildman–Crippen MR) is 114 cm³/mol. The molecule has 2 atom stereocenters. The average Bonchev–Trinajstić information content (AvgIpc) is 3.48. The fourth-order valence-electron chi connectivity index (χ4n) is 3.85. The molecule has 2 aliphatic rings. The Morgan fingerprint density at radius 3 is 2.80 bits per heavy atom. The van der Waals surface area contributed by atoms with Crippen molar-refractivity contribution < 1.29 is 19.4 Å². The van der Waals surface area contributed by atoms with Crippen LogP contribution in [-0.4, -0.2) is 33.1 Å². The van der Waals surface area contributed by atoms with E-state index in [2.05, 4.69) is 10.2 Å². The number of thiophene rings is 1. The summed E-state index contributed by atoms with van der Waals surface area (Å²) >= 11 is 2.64. The minimum Gasteiger partial charge on any atom is -0.507 e. The number of aryl methyl sites for hydroxylation is 1. The van der Waals surface area contributed by atoms with Gasteiger partial charge in [-0.3, -0.25) is 14.5 Å². The molecule has 1 aromatic carbocycles. The molecule has 0 radical (unpaired) electrons. The highest BCUT2D eigenvalue weighted by Crippen LogP contribution is 2.44. The van der Waals surface area contributed by atoms with Crippen LogP contribution in [0.1, 0.15) is 34.0 Å². The second-order valence-electron chi connectivity index (χ2n) is 7.24. The Morgan fingerprint density at radius 1 is 1.27 bits per heavy atom. The van der Waals surface area contributed by atoms with Gasteiger partial charge in [0, 0.05) is 16.9 Å². The largest absolute Gasteiger partial charge is 0.507 e. The van der Waals surface area contributed by atoms with E-state index in [1.165, 1.54) is 27.6 Å². The van der Waals surface area contributed by atoms with Gasteiger partial charge in [-0.25, -0.2) is 0 Å². The summed E-state index contributed by atoms with van der Waals surface area (Å²) in [4.78, 5) is 28.1. The highest BCUT2D eigenvalue weighted by Gasteiger charge is 2.48. The molecule has 152 valence electrons. The van der Waals surface area contributed by atoms with Gasteiger partial charge in [0.1, 0.15) is 28.7 Å². The standard InChI is InChI=1S/C21H17N3O4S2/c1-10-8-13-9-12(5-6-14(13)28-10)18(25)16-17(15-4-3-7-29-15)24(20(27)19(16)26)21-23-22-11(2)30-21/h3-7,9-10,17,25H,8H2,1-2H3/b18-16+. The maximum Gasteiger partial charge on any atom is 0.301 e. The predicted octanol–water partition coefficient (Wildman–Crippen LogP) is 3.86. The van der Waals surface area contributed by atoms with E-state index in [9.17, 15) is 14.7 Å². The van der Waals surface area contributed by atoms with Crippen LogP contribution in [0.5, 0.6) is 5.75 Å². The summed E-state index contributed by atoms with van der Waals surface area (Å²) in [5, 5.41) is 22.1. The Bertz CT molecular complexity index is 1200. The molecule has 4 heterocycles. The van der Waals surface area contributed by atoms with Crippen molar-refractivity contribution in [3.8, 4) is 5.75 Å². The lowest BCUT2D eigenvalue weighted by Crippen LogP contribution is -2.29. The Morgan fingerprint density at radius 2 is 2.10 bits per heavy atom. The first-order chi connectivity index (χ1) is 14.4. The molecule has 5 rings (SSSR count). The normalized spacial score (nSPS) is 22.4. The lowest BCUT2D eigenvalue weighted by molar-refractivity contribution is -0.132. The molecule has 30 heavy (non-hydrogen) atoms. The first-order valence-electron chi connectivity index (χ1n) is 9.38. The molecule has 0 aliphatic carbocycles. The lowest BCUT2D eigenvalue weighted by atomic mass is 9.98. The zero-order chi connectivity index (χ0) is 21.0. The summed E-state index contributed by atoms with van der Waals surface area (Å²) in [6.07, 6.45) is 0.790. The van der Waals surface area contributed by atoms with E-state index in [1.807, 2.05) is 30.5 Å². The van der Waals surface area contributed by atoms with Gasteiger partial charge in [0.25, 0.3) is 5.78 Å². The van der Waals surface area contributed by atoms with Crippen molar-refractivity contribution in [3.05, 3.63) is 62.3 Å². The number of amides is 1. The lowest BCUT2D eigenvalue weighted by Gasteiger charge is -2.21. The molecule has 1 amide bonds. The Labute approximate surface area is 180 Å². The third kappa shape index (κ3) is 2.93. The van der Waals surface area contributed by atoms with Crippen LogP contribution in [0.4, 0.5) is 5.13 Å². The van der Waals surface area contributed by atoms with E-state index >= 15 is 0 Å². The molecule has 7 nitrogen and oxygen atoms in total. The summed E-state index contributed by atoms with van der Waals surface area (Å²) in [5.74, 6) is -0.871. The van der Waals surface area contributed by atoms with Crippen LogP contribution in [0, 0.1) is 6.92 Å². The summed E-state index contributed by atoms with van der Waals surface area (Å²) in [5.41, 5.74) is 1.51. The van der Waals surface area contributed by atoms with Crippen LogP contribution in [0.2, 0.25) is 0 Å². The van der Waals surface area contributed by atoms with E-state index in [1.54, 1.807) is 19.1 Å². The number of anilines is 1. The fourth-order valence-corrected chi connectivity index (χ4v) is 5.39. The number of hydrogen-bond donors (Lipinski definition) is 1. The molecule has 1 fully saturated rings. The van der Waals surface area contributed by atoms with Crippen molar-refractivity contribution in [2.75, 3.05) is 4.90 Å². The number of benzene rings is 1. The molecule has 3 aromatic rings. The molecular weight excluding hydrogens is 422 g/mol. The molecule has 2 unspecified atom stereocenters. The van der Waals surface area contributed by atoms with Gasteiger partial charge in [-0.1, -0.05) is 17.4 Å². The number of Topliss-reactive ketones (excluding diaryl/α,β-unsaturated/α-hetero) is 1. The van der Waals surface area contributed by atoms with Gasteiger partial charge in [-0.2, -0.15) is 0 Å². The summed E-state index contributed by atoms with van der Waals surface area (Å²) in [7, 11) is 0. The van der Waals surface area contributed by atoms with E-state index in [0.717, 1.165) is 22.6 Å². The van der Waals surface area contributed by atoms with Crippen molar-refractivity contribution in [1.29, 1.82) is 0 Å². The second kappa shape index (κ2) is 7.03. The number of fused-ring (bicyclic) bond motifs is 1. The number of ether oxygens (including phenoxy) is 1. The maximum absolute atomic E-state index is 13.0. The van der Waals surface area contributed by atoms with E-state index in [0.29, 0.717) is 15.7 Å². The average molecular weight is 440 g/mol. The smallest absolute Gasteiger partial charge is 0.301 e. The summed E-state index contributed by atoms with van der Waals surface area (Å²) < 4.78 is 5.72. The van der Waals surface area contributed by atoms with Gasteiger partial charge in [0.15, 0.2) is 0 Å². The number of nitrogens with zero attached hydrogens (tertiary/aromatic N) is 3. The van der Waals surface area contributed by atoms with E-state index in [-0.39, 0.29) is 17.4 Å². The van der Waals surface area contributed by atoms with E-state index < -0.39 is 17.7 Å². The zero-order valence-electron chi connectivity index (χ0n) is 16.2.